The lowest BCUT2D eigenvalue weighted by Crippen LogP contribution is -2.49. The van der Waals surface area contributed by atoms with Crippen LogP contribution < -0.4 is 5.32 Å². The number of aromatic nitrogens is 2. The number of amides is 1. The summed E-state index contributed by atoms with van der Waals surface area (Å²) >= 11 is 0. The molecule has 2 aromatic heterocycles. The highest BCUT2D eigenvalue weighted by Gasteiger charge is 2.34. The van der Waals surface area contributed by atoms with Crippen LogP contribution in [0.3, 0.4) is 0 Å². The van der Waals surface area contributed by atoms with E-state index in [0.717, 1.165) is 23.5 Å². The SMILES string of the molecule is O=C1NCCN(Cc2cccc3nccn23)C1c1ccc(C(F)(F)F)cc1. The summed E-state index contributed by atoms with van der Waals surface area (Å²) in [6.07, 6.45) is -0.846. The first-order chi connectivity index (χ1) is 12.9. The Morgan fingerprint density at radius 1 is 1.15 bits per heavy atom. The zero-order valence-electron chi connectivity index (χ0n) is 14.3. The van der Waals surface area contributed by atoms with Crippen LogP contribution in [0.1, 0.15) is 22.9 Å². The molecule has 1 unspecified atom stereocenters. The molecule has 0 spiro atoms. The molecule has 0 saturated carbocycles. The van der Waals surface area contributed by atoms with Crippen molar-refractivity contribution in [1.29, 1.82) is 0 Å². The molecule has 0 aliphatic carbocycles. The second-order valence-electron chi connectivity index (χ2n) is 6.46. The zero-order valence-corrected chi connectivity index (χ0v) is 14.3. The molecule has 0 bridgehead atoms. The summed E-state index contributed by atoms with van der Waals surface area (Å²) in [6.45, 7) is 1.57. The highest BCUT2D eigenvalue weighted by atomic mass is 19.4. The molecule has 1 fully saturated rings. The third kappa shape index (κ3) is 3.40. The minimum Gasteiger partial charge on any atom is -0.353 e. The summed E-state index contributed by atoms with van der Waals surface area (Å²) in [5, 5.41) is 2.80. The normalized spacial score (nSPS) is 18.6. The topological polar surface area (TPSA) is 49.6 Å². The van der Waals surface area contributed by atoms with Gasteiger partial charge in [-0.05, 0) is 29.8 Å². The first-order valence-electron chi connectivity index (χ1n) is 8.53. The van der Waals surface area contributed by atoms with Gasteiger partial charge < -0.3 is 9.72 Å². The maximum atomic E-state index is 12.8. The zero-order chi connectivity index (χ0) is 19.0. The molecule has 8 heteroatoms. The van der Waals surface area contributed by atoms with Gasteiger partial charge in [-0.15, -0.1) is 0 Å². The molecule has 140 valence electrons. The van der Waals surface area contributed by atoms with Gasteiger partial charge in [-0.2, -0.15) is 13.2 Å². The van der Waals surface area contributed by atoms with E-state index in [1.807, 2.05) is 33.7 Å². The lowest BCUT2D eigenvalue weighted by molar-refractivity contribution is -0.137. The number of hydrogen-bond donors (Lipinski definition) is 1. The Morgan fingerprint density at radius 3 is 2.67 bits per heavy atom. The molecule has 1 atom stereocenters. The standard InChI is InChI=1S/C19H17F3N4O/c20-19(21,22)14-6-4-13(5-7-14)17-18(27)24-8-10-25(17)12-15-2-1-3-16-23-9-11-26(15)16/h1-7,9,11,17H,8,10,12H2,(H,24,27). The molecule has 4 rings (SSSR count). The van der Waals surface area contributed by atoms with E-state index < -0.39 is 17.8 Å². The van der Waals surface area contributed by atoms with Crippen LogP contribution in [0, 0.1) is 0 Å². The number of benzene rings is 1. The van der Waals surface area contributed by atoms with Gasteiger partial charge in [0.05, 0.1) is 5.56 Å². The van der Waals surface area contributed by atoms with Gasteiger partial charge in [-0.1, -0.05) is 18.2 Å². The molecule has 1 aromatic carbocycles. The first-order valence-corrected chi connectivity index (χ1v) is 8.53. The van der Waals surface area contributed by atoms with Gasteiger partial charge in [0.15, 0.2) is 0 Å². The van der Waals surface area contributed by atoms with Crippen molar-refractivity contribution >= 4 is 11.6 Å². The van der Waals surface area contributed by atoms with Gasteiger partial charge in [0.2, 0.25) is 5.91 Å². The monoisotopic (exact) mass is 374 g/mol. The van der Waals surface area contributed by atoms with Crippen LogP contribution in [0.4, 0.5) is 13.2 Å². The van der Waals surface area contributed by atoms with Crippen molar-refractivity contribution in [2.45, 2.75) is 18.8 Å². The fourth-order valence-corrected chi connectivity index (χ4v) is 3.44. The van der Waals surface area contributed by atoms with Crippen molar-refractivity contribution in [2.24, 2.45) is 0 Å². The molecule has 1 aliphatic heterocycles. The average Bonchev–Trinajstić information content (AvgIpc) is 3.11. The van der Waals surface area contributed by atoms with E-state index in [9.17, 15) is 18.0 Å². The molecule has 1 N–H and O–H groups in total. The van der Waals surface area contributed by atoms with E-state index >= 15 is 0 Å². The number of imidazole rings is 1. The van der Waals surface area contributed by atoms with Crippen molar-refractivity contribution in [1.82, 2.24) is 19.6 Å². The fourth-order valence-electron chi connectivity index (χ4n) is 3.44. The summed E-state index contributed by atoms with van der Waals surface area (Å²) in [4.78, 5) is 18.7. The van der Waals surface area contributed by atoms with E-state index in [0.29, 0.717) is 25.2 Å². The molecular formula is C19H17F3N4O. The van der Waals surface area contributed by atoms with Crippen LogP contribution in [0.15, 0.2) is 54.9 Å². The molecule has 0 radical (unpaired) electrons. The number of hydrogen-bond acceptors (Lipinski definition) is 3. The summed E-state index contributed by atoms with van der Waals surface area (Å²) in [5.41, 5.74) is 1.58. The van der Waals surface area contributed by atoms with Crippen LogP contribution in [-0.2, 0) is 17.5 Å². The Balaban J connectivity index is 1.65. The molecule has 3 heterocycles. The van der Waals surface area contributed by atoms with Gasteiger partial charge in [-0.3, -0.25) is 9.69 Å². The molecule has 1 amide bonds. The van der Waals surface area contributed by atoms with E-state index in [-0.39, 0.29) is 5.91 Å². The lowest BCUT2D eigenvalue weighted by Gasteiger charge is -2.35. The van der Waals surface area contributed by atoms with Gasteiger partial charge in [0.25, 0.3) is 0 Å². The molecule has 1 saturated heterocycles. The van der Waals surface area contributed by atoms with Crippen molar-refractivity contribution in [3.8, 4) is 0 Å². The van der Waals surface area contributed by atoms with Gasteiger partial charge in [-0.25, -0.2) is 4.98 Å². The number of carbonyl (C=O) groups excluding carboxylic acids is 1. The number of halogens is 3. The van der Waals surface area contributed by atoms with Gasteiger partial charge >= 0.3 is 6.18 Å². The van der Waals surface area contributed by atoms with Gasteiger partial charge in [0, 0.05) is 37.7 Å². The predicted molar refractivity (Wildman–Crippen MR) is 92.8 cm³/mol. The Morgan fingerprint density at radius 2 is 1.93 bits per heavy atom. The average molecular weight is 374 g/mol. The summed E-state index contributed by atoms with van der Waals surface area (Å²) in [6, 6.07) is 9.89. The molecule has 5 nitrogen and oxygen atoms in total. The number of carbonyl (C=O) groups is 1. The predicted octanol–water partition coefficient (Wildman–Crippen LogP) is 3.03. The highest BCUT2D eigenvalue weighted by molar-refractivity contribution is 5.83. The Labute approximate surface area is 153 Å². The smallest absolute Gasteiger partial charge is 0.353 e. The van der Waals surface area contributed by atoms with Gasteiger partial charge in [0.1, 0.15) is 11.7 Å². The number of piperazine rings is 1. The van der Waals surface area contributed by atoms with E-state index in [1.165, 1.54) is 12.1 Å². The van der Waals surface area contributed by atoms with Crippen LogP contribution in [-0.4, -0.2) is 33.3 Å². The Bertz CT molecular complexity index is 965. The molecule has 1 aliphatic rings. The van der Waals surface area contributed by atoms with Crippen molar-refractivity contribution in [3.63, 3.8) is 0 Å². The second-order valence-corrected chi connectivity index (χ2v) is 6.46. The lowest BCUT2D eigenvalue weighted by atomic mass is 10.0. The molecular weight excluding hydrogens is 357 g/mol. The fraction of sp³-hybridized carbons (Fsp3) is 0.263. The van der Waals surface area contributed by atoms with E-state index in [4.69, 9.17) is 0 Å². The third-order valence-electron chi connectivity index (χ3n) is 4.74. The minimum atomic E-state index is -4.40. The molecule has 3 aromatic rings. The summed E-state index contributed by atoms with van der Waals surface area (Å²) < 4.78 is 40.4. The maximum Gasteiger partial charge on any atom is 0.416 e. The third-order valence-corrected chi connectivity index (χ3v) is 4.74. The summed E-state index contributed by atoms with van der Waals surface area (Å²) in [5.74, 6) is -0.209. The van der Waals surface area contributed by atoms with E-state index in [2.05, 4.69) is 10.3 Å². The van der Waals surface area contributed by atoms with Crippen molar-refractivity contribution in [3.05, 3.63) is 71.7 Å². The number of rotatable bonds is 3. The number of fused-ring (bicyclic) bond motifs is 1. The highest BCUT2D eigenvalue weighted by Crippen LogP contribution is 2.31. The second kappa shape index (κ2) is 6.70. The largest absolute Gasteiger partial charge is 0.416 e. The van der Waals surface area contributed by atoms with Crippen LogP contribution in [0.2, 0.25) is 0 Å². The minimum absolute atomic E-state index is 0.209. The Kier molecular flexibility index (Phi) is 4.35. The number of nitrogens with zero attached hydrogens (tertiary/aromatic N) is 3. The molecule has 27 heavy (non-hydrogen) atoms. The number of nitrogens with one attached hydrogen (secondary N) is 1. The number of pyridine rings is 1. The van der Waals surface area contributed by atoms with Crippen LogP contribution in [0.25, 0.3) is 5.65 Å². The van der Waals surface area contributed by atoms with Crippen LogP contribution >= 0.6 is 0 Å². The maximum absolute atomic E-state index is 12.8. The first kappa shape index (κ1) is 17.5. The van der Waals surface area contributed by atoms with Crippen molar-refractivity contribution in [2.75, 3.05) is 13.1 Å². The van der Waals surface area contributed by atoms with Crippen LogP contribution in [0.5, 0.6) is 0 Å². The summed E-state index contributed by atoms with van der Waals surface area (Å²) in [7, 11) is 0. The number of alkyl halides is 3. The van der Waals surface area contributed by atoms with E-state index in [1.54, 1.807) is 6.20 Å². The Hall–Kier alpha value is -2.87. The van der Waals surface area contributed by atoms with Crippen molar-refractivity contribution < 1.29 is 18.0 Å². The quantitative estimate of drug-likeness (QED) is 0.767.